The first-order valence-electron chi connectivity index (χ1n) is 7.54. The Balaban J connectivity index is 1.91. The first-order valence-corrected chi connectivity index (χ1v) is 8.36. The van der Waals surface area contributed by atoms with Gasteiger partial charge >= 0.3 is 6.18 Å². The van der Waals surface area contributed by atoms with Crippen molar-refractivity contribution in [1.29, 1.82) is 0 Å². The van der Waals surface area contributed by atoms with E-state index < -0.39 is 18.1 Å². The summed E-state index contributed by atoms with van der Waals surface area (Å²) >= 11 is 11.9. The van der Waals surface area contributed by atoms with Crippen LogP contribution in [0.5, 0.6) is 0 Å². The van der Waals surface area contributed by atoms with Gasteiger partial charge in [-0.1, -0.05) is 29.3 Å². The summed E-state index contributed by atoms with van der Waals surface area (Å²) in [6, 6.07) is 1.65. The number of hydrogen-bond acceptors (Lipinski definition) is 2. The summed E-state index contributed by atoms with van der Waals surface area (Å²) in [6.45, 7) is -0.837. The lowest BCUT2D eigenvalue weighted by Gasteiger charge is -2.45. The summed E-state index contributed by atoms with van der Waals surface area (Å²) in [7, 11) is 0. The summed E-state index contributed by atoms with van der Waals surface area (Å²) in [4.78, 5) is 5.74. The van der Waals surface area contributed by atoms with Crippen molar-refractivity contribution in [2.45, 2.75) is 49.4 Å². The van der Waals surface area contributed by atoms with E-state index in [1.807, 2.05) is 12.1 Å². The van der Waals surface area contributed by atoms with Gasteiger partial charge in [-0.2, -0.15) is 13.2 Å². The van der Waals surface area contributed by atoms with Gasteiger partial charge in [-0.15, -0.1) is 0 Å². The van der Waals surface area contributed by atoms with E-state index in [0.717, 1.165) is 18.4 Å². The van der Waals surface area contributed by atoms with Gasteiger partial charge < -0.3 is 0 Å². The molecule has 23 heavy (non-hydrogen) atoms. The van der Waals surface area contributed by atoms with Gasteiger partial charge in [0.15, 0.2) is 0 Å². The zero-order valence-electron chi connectivity index (χ0n) is 12.4. The van der Waals surface area contributed by atoms with Crippen LogP contribution >= 0.6 is 23.2 Å². The number of pyridine rings is 1. The molecule has 2 aliphatic rings. The SMILES string of the molecule is FC(F)(F)CN1C2CCC1CC(/C=C/Cl)(c1cncc(Cl)c1)C2. The number of nitrogens with zero attached hydrogens (tertiary/aromatic N) is 2. The molecule has 0 aromatic carbocycles. The lowest BCUT2D eigenvalue weighted by Crippen LogP contribution is -2.51. The molecule has 2 fully saturated rings. The Bertz CT molecular complexity index is 589. The number of allylic oxidation sites excluding steroid dienone is 1. The topological polar surface area (TPSA) is 16.1 Å². The van der Waals surface area contributed by atoms with Crippen molar-refractivity contribution in [2.75, 3.05) is 6.54 Å². The molecule has 1 aromatic heterocycles. The van der Waals surface area contributed by atoms with Crippen molar-refractivity contribution in [2.24, 2.45) is 0 Å². The van der Waals surface area contributed by atoms with Gasteiger partial charge in [0.2, 0.25) is 0 Å². The molecule has 0 radical (unpaired) electrons. The van der Waals surface area contributed by atoms with Crippen molar-refractivity contribution in [3.05, 3.63) is 40.7 Å². The van der Waals surface area contributed by atoms with Gasteiger partial charge in [0.1, 0.15) is 0 Å². The van der Waals surface area contributed by atoms with E-state index >= 15 is 0 Å². The molecule has 2 saturated heterocycles. The molecule has 126 valence electrons. The molecule has 0 spiro atoms. The van der Waals surface area contributed by atoms with E-state index in [0.29, 0.717) is 17.9 Å². The molecule has 2 bridgehead atoms. The molecule has 0 aliphatic carbocycles. The van der Waals surface area contributed by atoms with E-state index in [-0.39, 0.29) is 12.1 Å². The molecule has 0 amide bonds. The van der Waals surface area contributed by atoms with Gasteiger partial charge in [0, 0.05) is 35.4 Å². The van der Waals surface area contributed by atoms with E-state index in [1.54, 1.807) is 17.3 Å². The van der Waals surface area contributed by atoms with E-state index in [9.17, 15) is 13.2 Å². The normalized spacial score (nSPS) is 31.9. The second kappa shape index (κ2) is 6.26. The van der Waals surface area contributed by atoms with E-state index in [4.69, 9.17) is 23.2 Å². The number of alkyl halides is 3. The van der Waals surface area contributed by atoms with Gasteiger partial charge in [-0.25, -0.2) is 0 Å². The molecule has 2 atom stereocenters. The van der Waals surface area contributed by atoms with Crippen molar-refractivity contribution >= 4 is 23.2 Å². The van der Waals surface area contributed by atoms with Gasteiger partial charge in [-0.05, 0) is 37.3 Å². The molecule has 3 heterocycles. The molecule has 1 aromatic rings. The van der Waals surface area contributed by atoms with Crippen LogP contribution in [-0.2, 0) is 5.41 Å². The number of aromatic nitrogens is 1. The van der Waals surface area contributed by atoms with Crippen LogP contribution in [0.2, 0.25) is 5.02 Å². The minimum atomic E-state index is -4.17. The highest BCUT2D eigenvalue weighted by Crippen LogP contribution is 2.49. The Hall–Kier alpha value is -0.780. The number of piperidine rings is 1. The first kappa shape index (κ1) is 17.1. The van der Waals surface area contributed by atoms with Crippen LogP contribution in [0.15, 0.2) is 30.1 Å². The molecular weight excluding hydrogens is 348 g/mol. The maximum atomic E-state index is 12.8. The van der Waals surface area contributed by atoms with Crippen molar-refractivity contribution in [3.8, 4) is 0 Å². The smallest absolute Gasteiger partial charge is 0.289 e. The van der Waals surface area contributed by atoms with E-state index in [2.05, 4.69) is 4.98 Å². The maximum Gasteiger partial charge on any atom is 0.401 e. The average Bonchev–Trinajstić information content (AvgIpc) is 2.70. The molecule has 7 heteroatoms. The highest BCUT2D eigenvalue weighted by molar-refractivity contribution is 6.30. The van der Waals surface area contributed by atoms with Crippen molar-refractivity contribution < 1.29 is 13.2 Å². The van der Waals surface area contributed by atoms with Gasteiger partial charge in [0.25, 0.3) is 0 Å². The summed E-state index contributed by atoms with van der Waals surface area (Å²) in [5, 5.41) is 0.523. The zero-order chi connectivity index (χ0) is 16.7. The van der Waals surface area contributed by atoms with Crippen LogP contribution in [0.3, 0.4) is 0 Å². The highest BCUT2D eigenvalue weighted by atomic mass is 35.5. The molecule has 0 N–H and O–H groups in total. The highest BCUT2D eigenvalue weighted by Gasteiger charge is 2.50. The Morgan fingerprint density at radius 2 is 1.91 bits per heavy atom. The van der Waals surface area contributed by atoms with Crippen LogP contribution in [-0.4, -0.2) is 34.7 Å². The maximum absolute atomic E-state index is 12.8. The fourth-order valence-electron chi connectivity index (χ4n) is 4.12. The third kappa shape index (κ3) is 3.52. The third-order valence-corrected chi connectivity index (χ3v) is 5.33. The van der Waals surface area contributed by atoms with Crippen LogP contribution in [0, 0.1) is 0 Å². The predicted octanol–water partition coefficient (Wildman–Crippen LogP) is 4.91. The first-order chi connectivity index (χ1) is 10.8. The number of halogens is 5. The van der Waals surface area contributed by atoms with Gasteiger partial charge in [-0.3, -0.25) is 9.88 Å². The summed E-state index contributed by atoms with van der Waals surface area (Å²) in [5.74, 6) is 0. The Labute approximate surface area is 143 Å². The molecule has 2 aliphatic heterocycles. The Morgan fingerprint density at radius 3 is 2.43 bits per heavy atom. The minimum absolute atomic E-state index is 0.0952. The average molecular weight is 365 g/mol. The van der Waals surface area contributed by atoms with Crippen molar-refractivity contribution in [3.63, 3.8) is 0 Å². The Morgan fingerprint density at radius 1 is 1.26 bits per heavy atom. The number of fused-ring (bicyclic) bond motifs is 2. The van der Waals surface area contributed by atoms with Crippen LogP contribution in [0.25, 0.3) is 0 Å². The van der Waals surface area contributed by atoms with Gasteiger partial charge in [0.05, 0.1) is 11.6 Å². The molecule has 0 saturated carbocycles. The lowest BCUT2D eigenvalue weighted by molar-refractivity contribution is -0.156. The quantitative estimate of drug-likeness (QED) is 0.756. The zero-order valence-corrected chi connectivity index (χ0v) is 13.9. The van der Waals surface area contributed by atoms with E-state index in [1.165, 1.54) is 5.54 Å². The lowest BCUT2D eigenvalue weighted by atomic mass is 9.70. The minimum Gasteiger partial charge on any atom is -0.289 e. The standard InChI is InChI=1S/C16H17Cl2F3N2/c17-4-3-15(11-5-12(18)9-22-8-11)6-13-1-2-14(7-15)23(13)10-16(19,20)21/h3-5,8-9,13-14H,1-2,6-7,10H2/b4-3+. The number of rotatable bonds is 3. The second-order valence-electron chi connectivity index (χ2n) is 6.42. The van der Waals surface area contributed by atoms with Crippen LogP contribution < -0.4 is 0 Å². The predicted molar refractivity (Wildman–Crippen MR) is 84.7 cm³/mol. The largest absolute Gasteiger partial charge is 0.401 e. The molecular formula is C16H17Cl2F3N2. The summed E-state index contributed by atoms with van der Waals surface area (Å²) < 4.78 is 38.5. The third-order valence-electron chi connectivity index (χ3n) is 4.99. The monoisotopic (exact) mass is 364 g/mol. The summed E-state index contributed by atoms with van der Waals surface area (Å²) in [5.41, 5.74) is 1.98. The number of hydrogen-bond donors (Lipinski definition) is 0. The molecule has 2 unspecified atom stereocenters. The fourth-order valence-corrected chi connectivity index (χ4v) is 4.53. The van der Waals surface area contributed by atoms with Crippen LogP contribution in [0.1, 0.15) is 31.2 Å². The molecule has 3 rings (SSSR count). The van der Waals surface area contributed by atoms with Crippen molar-refractivity contribution in [1.82, 2.24) is 9.88 Å². The van der Waals surface area contributed by atoms with Crippen LogP contribution in [0.4, 0.5) is 13.2 Å². The Kier molecular flexibility index (Phi) is 4.64. The summed E-state index contributed by atoms with van der Waals surface area (Å²) in [6.07, 6.45) is 3.78. The second-order valence-corrected chi connectivity index (χ2v) is 7.11. The fraction of sp³-hybridized carbons (Fsp3) is 0.562. The molecule has 2 nitrogen and oxygen atoms in total.